The smallest absolute Gasteiger partial charge is 0.404 e. The molecule has 1 saturated carbocycles. The minimum absolute atomic E-state index is 0.0282. The summed E-state index contributed by atoms with van der Waals surface area (Å²) < 4.78 is 60.7. The van der Waals surface area contributed by atoms with Crippen LogP contribution in [0.3, 0.4) is 0 Å². The maximum absolute atomic E-state index is 15.1. The number of halogens is 5. The van der Waals surface area contributed by atoms with Gasteiger partial charge in [-0.25, -0.2) is 4.99 Å². The monoisotopic (exact) mass is 583 g/mol. The maximum Gasteiger partial charge on any atom is 0.573 e. The molecular weight excluding hydrogens is 566 g/mol. The molecule has 3 aliphatic rings. The number of ether oxygens (including phenoxy) is 1. The van der Waals surface area contributed by atoms with Gasteiger partial charge in [0.05, 0.1) is 17.4 Å². The quantitative estimate of drug-likeness (QED) is 0.189. The summed E-state index contributed by atoms with van der Waals surface area (Å²) in [5.41, 5.74) is 8.55. The zero-order valence-corrected chi connectivity index (χ0v) is 21.6. The van der Waals surface area contributed by atoms with E-state index in [1.54, 1.807) is 22.8 Å². The molecule has 2 N–H and O–H groups in total. The Morgan fingerprint density at radius 1 is 1.07 bits per heavy atom. The zero-order valence-electron chi connectivity index (χ0n) is 20.8. The van der Waals surface area contributed by atoms with Crippen LogP contribution >= 0.6 is 11.6 Å². The average molecular weight is 584 g/mol. The summed E-state index contributed by atoms with van der Waals surface area (Å²) in [5, 5.41) is 11.8. The molecule has 4 heterocycles. The molecule has 0 unspecified atom stereocenters. The van der Waals surface area contributed by atoms with Crippen molar-refractivity contribution in [1.29, 1.82) is 0 Å². The number of alkyl halides is 3. The Balaban J connectivity index is 1.22. The first-order chi connectivity index (χ1) is 19.6. The van der Waals surface area contributed by atoms with Crippen LogP contribution in [0.5, 0.6) is 5.75 Å². The molecule has 4 aromatic rings. The Bertz CT molecular complexity index is 1850. The zero-order chi connectivity index (χ0) is 28.6. The minimum Gasteiger partial charge on any atom is -0.404 e. The molecular formula is C27H18ClF4N7O2. The number of nitrogen functional groups attached to an aromatic ring is 1. The molecule has 0 spiro atoms. The van der Waals surface area contributed by atoms with Crippen molar-refractivity contribution in [3.8, 4) is 22.6 Å². The number of aliphatic imine (C=N–C) groups is 1. The molecule has 2 aromatic carbocycles. The second-order valence-electron chi connectivity index (χ2n) is 10.1. The summed E-state index contributed by atoms with van der Waals surface area (Å²) in [5.74, 6) is -1.30. The highest BCUT2D eigenvalue weighted by atomic mass is 35.5. The van der Waals surface area contributed by atoms with Gasteiger partial charge >= 0.3 is 6.36 Å². The van der Waals surface area contributed by atoms with Gasteiger partial charge in [-0.1, -0.05) is 17.7 Å². The summed E-state index contributed by atoms with van der Waals surface area (Å²) in [6.45, 7) is 0. The molecule has 9 nitrogen and oxygen atoms in total. The number of allylic oxidation sites excluding steroid dienone is 1. The van der Waals surface area contributed by atoms with Gasteiger partial charge in [-0.05, 0) is 70.3 Å². The van der Waals surface area contributed by atoms with Gasteiger partial charge < -0.3 is 15.0 Å². The molecule has 0 radical (unpaired) electrons. The normalized spacial score (nSPS) is 21.1. The number of nitrogens with two attached hydrogens (primary N) is 1. The van der Waals surface area contributed by atoms with Gasteiger partial charge in [0.1, 0.15) is 6.33 Å². The van der Waals surface area contributed by atoms with Crippen LogP contribution in [-0.4, -0.2) is 36.8 Å². The van der Waals surface area contributed by atoms with Crippen molar-refractivity contribution in [3.63, 3.8) is 0 Å². The number of tetrazole rings is 1. The van der Waals surface area contributed by atoms with Crippen LogP contribution < -0.4 is 16.0 Å². The van der Waals surface area contributed by atoms with Gasteiger partial charge in [0.25, 0.3) is 5.56 Å². The van der Waals surface area contributed by atoms with Crippen molar-refractivity contribution in [2.75, 3.05) is 5.73 Å². The minimum atomic E-state index is -4.95. The maximum atomic E-state index is 15.1. The highest BCUT2D eigenvalue weighted by molar-refractivity contribution is 6.31. The molecule has 1 aliphatic carbocycles. The van der Waals surface area contributed by atoms with E-state index < -0.39 is 24.1 Å². The summed E-state index contributed by atoms with van der Waals surface area (Å²) >= 11 is 6.29. The molecule has 14 heteroatoms. The van der Waals surface area contributed by atoms with Crippen LogP contribution in [0.25, 0.3) is 22.4 Å². The predicted octanol–water partition coefficient (Wildman–Crippen LogP) is 5.47. The van der Waals surface area contributed by atoms with E-state index in [4.69, 9.17) is 17.3 Å². The van der Waals surface area contributed by atoms with E-state index in [2.05, 4.69) is 25.3 Å². The van der Waals surface area contributed by atoms with E-state index in [1.165, 1.54) is 29.2 Å². The first-order valence-corrected chi connectivity index (χ1v) is 12.9. The lowest BCUT2D eigenvalue weighted by atomic mass is 9.97. The fourth-order valence-corrected chi connectivity index (χ4v) is 6.03. The number of hydrogen-bond donors (Lipinski definition) is 1. The summed E-state index contributed by atoms with van der Waals surface area (Å²) in [4.78, 5) is 17.7. The van der Waals surface area contributed by atoms with E-state index in [0.717, 1.165) is 18.2 Å². The van der Waals surface area contributed by atoms with Gasteiger partial charge in [-0.15, -0.1) is 18.3 Å². The SMILES string of the molecule is Nc1ccc(C2=C(F)N=C([C@@H]3[C@H]4C[C@H]4c4cc(-c5cc(Cl)ccc5-n5cnnn5)cc(=O)n43)C2)cc1OC(F)(F)F. The van der Waals surface area contributed by atoms with E-state index in [9.17, 15) is 18.0 Å². The van der Waals surface area contributed by atoms with Gasteiger partial charge in [-0.2, -0.15) is 9.07 Å². The summed E-state index contributed by atoms with van der Waals surface area (Å²) in [6.07, 6.45) is -2.69. The number of pyridine rings is 1. The number of anilines is 1. The van der Waals surface area contributed by atoms with Crippen molar-refractivity contribution >= 4 is 28.6 Å². The van der Waals surface area contributed by atoms with Crippen LogP contribution in [0.4, 0.5) is 23.2 Å². The Morgan fingerprint density at radius 3 is 2.66 bits per heavy atom. The van der Waals surface area contributed by atoms with Gasteiger partial charge in [0.2, 0.25) is 5.95 Å². The molecule has 41 heavy (non-hydrogen) atoms. The van der Waals surface area contributed by atoms with Gasteiger partial charge in [0, 0.05) is 46.0 Å². The third-order valence-corrected chi connectivity index (χ3v) is 7.88. The topological polar surface area (TPSA) is 113 Å². The first-order valence-electron chi connectivity index (χ1n) is 12.5. The Labute approximate surface area is 233 Å². The van der Waals surface area contributed by atoms with Crippen LogP contribution in [0.15, 0.2) is 70.6 Å². The molecule has 1 fully saturated rings. The Hall–Kier alpha value is -4.52. The number of rotatable bonds is 5. The standard InChI is InChI=1S/C27H18ClF4N7O2/c28-14-2-4-21(38-11-34-36-37-38)15(8-14)13-5-22-17-9-18(17)25(39(22)24(40)7-13)20-10-16(26(29)35-20)12-1-3-19(33)23(6-12)41-27(30,31)32/h1-8,11,17-18,25H,9-10,33H2/t17-,18+,25+/m1/s1. The van der Waals surface area contributed by atoms with E-state index in [1.807, 2.05) is 6.07 Å². The number of aromatic nitrogens is 5. The van der Waals surface area contributed by atoms with Crippen molar-refractivity contribution in [2.45, 2.75) is 31.2 Å². The van der Waals surface area contributed by atoms with Crippen molar-refractivity contribution in [1.82, 2.24) is 24.8 Å². The molecule has 2 aliphatic heterocycles. The second kappa shape index (κ2) is 8.99. The van der Waals surface area contributed by atoms with Gasteiger partial charge in [-0.3, -0.25) is 4.79 Å². The molecule has 0 amide bonds. The highest BCUT2D eigenvalue weighted by Gasteiger charge is 2.55. The summed E-state index contributed by atoms with van der Waals surface area (Å²) in [7, 11) is 0. The number of fused-ring (bicyclic) bond motifs is 3. The first kappa shape index (κ1) is 25.4. The highest BCUT2D eigenvalue weighted by Crippen LogP contribution is 2.60. The lowest BCUT2D eigenvalue weighted by Crippen LogP contribution is -2.29. The van der Waals surface area contributed by atoms with E-state index in [-0.39, 0.29) is 40.6 Å². The van der Waals surface area contributed by atoms with Gasteiger partial charge in [0.15, 0.2) is 5.75 Å². The van der Waals surface area contributed by atoms with Crippen LogP contribution in [0.2, 0.25) is 5.02 Å². The number of nitrogens with zero attached hydrogens (tertiary/aromatic N) is 6. The van der Waals surface area contributed by atoms with E-state index >= 15 is 4.39 Å². The van der Waals surface area contributed by atoms with Crippen LogP contribution in [0, 0.1) is 5.92 Å². The summed E-state index contributed by atoms with van der Waals surface area (Å²) in [6, 6.07) is 11.8. The van der Waals surface area contributed by atoms with Crippen molar-refractivity contribution < 1.29 is 22.3 Å². The molecule has 3 atom stereocenters. The van der Waals surface area contributed by atoms with Crippen LogP contribution in [-0.2, 0) is 0 Å². The third-order valence-electron chi connectivity index (χ3n) is 7.64. The average Bonchev–Trinajstić information content (AvgIpc) is 3.22. The van der Waals surface area contributed by atoms with Crippen molar-refractivity contribution in [2.24, 2.45) is 10.9 Å². The molecule has 7 rings (SSSR count). The number of hydrogen-bond acceptors (Lipinski definition) is 7. The third kappa shape index (κ3) is 4.36. The Morgan fingerprint density at radius 2 is 1.90 bits per heavy atom. The van der Waals surface area contributed by atoms with Crippen LogP contribution in [0.1, 0.15) is 36.1 Å². The lowest BCUT2D eigenvalue weighted by Gasteiger charge is -2.20. The fraction of sp³-hybridized carbons (Fsp3) is 0.222. The largest absolute Gasteiger partial charge is 0.573 e. The lowest BCUT2D eigenvalue weighted by molar-refractivity contribution is -0.274. The molecule has 0 saturated heterocycles. The predicted molar refractivity (Wildman–Crippen MR) is 141 cm³/mol. The molecule has 2 aromatic heterocycles. The number of benzene rings is 2. The second-order valence-corrected chi connectivity index (χ2v) is 10.5. The van der Waals surface area contributed by atoms with Crippen molar-refractivity contribution in [3.05, 3.63) is 87.4 Å². The van der Waals surface area contributed by atoms with E-state index in [0.29, 0.717) is 27.5 Å². The Kier molecular flexibility index (Phi) is 5.58. The molecule has 208 valence electrons. The fourth-order valence-electron chi connectivity index (χ4n) is 5.86. The molecule has 0 bridgehead atoms.